The topological polar surface area (TPSA) is 107 Å². The largest absolute Gasteiger partial charge is 0.494 e. The summed E-state index contributed by atoms with van der Waals surface area (Å²) in [6, 6.07) is 3.23. The van der Waals surface area contributed by atoms with Crippen molar-refractivity contribution in [1.29, 1.82) is 0 Å². The molecule has 0 aliphatic carbocycles. The molecule has 0 fully saturated rings. The molecule has 0 amide bonds. The van der Waals surface area contributed by atoms with Gasteiger partial charge in [-0.2, -0.15) is 0 Å². The Kier molecular flexibility index (Phi) is 5.52. The molecule has 0 aliphatic rings. The molecule has 20 heavy (non-hydrogen) atoms. The van der Waals surface area contributed by atoms with Crippen LogP contribution in [0, 0.1) is 13.8 Å². The summed E-state index contributed by atoms with van der Waals surface area (Å²) in [5, 5.41) is 13.7. The molecule has 0 aliphatic heterocycles. The highest BCUT2D eigenvalue weighted by atomic mass is 32.2. The van der Waals surface area contributed by atoms with Gasteiger partial charge >= 0.3 is 5.97 Å². The van der Waals surface area contributed by atoms with Gasteiger partial charge in [0.15, 0.2) is 0 Å². The van der Waals surface area contributed by atoms with Gasteiger partial charge in [-0.05, 0) is 49.9 Å². The monoisotopic (exact) mass is 301 g/mol. The fraction of sp³-hybridized carbons (Fsp3) is 0.462. The second-order valence-electron chi connectivity index (χ2n) is 4.63. The van der Waals surface area contributed by atoms with Crippen molar-refractivity contribution < 1.29 is 23.1 Å². The Bertz CT molecular complexity index is 572. The van der Waals surface area contributed by atoms with Gasteiger partial charge in [-0.1, -0.05) is 0 Å². The molecular weight excluding hydrogens is 282 g/mol. The highest BCUT2D eigenvalue weighted by molar-refractivity contribution is 7.89. The van der Waals surface area contributed by atoms with E-state index >= 15 is 0 Å². The predicted octanol–water partition coefficient (Wildman–Crippen LogP) is 1.58. The zero-order valence-corrected chi connectivity index (χ0v) is 12.4. The summed E-state index contributed by atoms with van der Waals surface area (Å²) in [4.78, 5) is 10.5. The van der Waals surface area contributed by atoms with Crippen molar-refractivity contribution >= 4 is 16.0 Å². The van der Waals surface area contributed by atoms with Gasteiger partial charge in [0.25, 0.3) is 0 Å². The maximum Gasteiger partial charge on any atom is 0.303 e. The van der Waals surface area contributed by atoms with Crippen molar-refractivity contribution in [2.24, 2.45) is 5.14 Å². The number of carboxylic acids is 1. The van der Waals surface area contributed by atoms with Crippen LogP contribution in [0.1, 0.15) is 30.4 Å². The Hall–Kier alpha value is -1.60. The lowest BCUT2D eigenvalue weighted by atomic mass is 10.1. The molecule has 1 aromatic rings. The first-order valence-corrected chi connectivity index (χ1v) is 7.75. The standard InChI is InChI=1S/C13H19NO5S/c1-9-7-11(19-6-4-3-5-12(15)16)8-10(2)13(9)20(14,17)18/h7-8H,3-6H2,1-2H3,(H,15,16)(H2,14,17,18). The van der Waals surface area contributed by atoms with Crippen LogP contribution in [0.15, 0.2) is 17.0 Å². The molecule has 0 bridgehead atoms. The molecule has 112 valence electrons. The third-order valence-electron chi connectivity index (χ3n) is 2.77. The Morgan fingerprint density at radius 1 is 1.25 bits per heavy atom. The number of carboxylic acid groups (broad SMARTS) is 1. The van der Waals surface area contributed by atoms with E-state index in [1.807, 2.05) is 0 Å². The van der Waals surface area contributed by atoms with E-state index in [4.69, 9.17) is 15.0 Å². The minimum absolute atomic E-state index is 0.117. The summed E-state index contributed by atoms with van der Waals surface area (Å²) in [7, 11) is -3.74. The Morgan fingerprint density at radius 2 is 1.80 bits per heavy atom. The van der Waals surface area contributed by atoms with Gasteiger partial charge in [0.05, 0.1) is 11.5 Å². The third-order valence-corrected chi connectivity index (χ3v) is 3.99. The van der Waals surface area contributed by atoms with E-state index in [2.05, 4.69) is 0 Å². The first kappa shape index (κ1) is 16.5. The van der Waals surface area contributed by atoms with E-state index in [0.29, 0.717) is 36.3 Å². The van der Waals surface area contributed by atoms with E-state index in [0.717, 1.165) is 0 Å². The number of unbranched alkanes of at least 4 members (excludes halogenated alkanes) is 1. The van der Waals surface area contributed by atoms with E-state index < -0.39 is 16.0 Å². The normalized spacial score (nSPS) is 11.3. The second-order valence-corrected chi connectivity index (χ2v) is 6.13. The minimum atomic E-state index is -3.74. The zero-order chi connectivity index (χ0) is 15.3. The number of primary sulfonamides is 1. The molecule has 7 heteroatoms. The Morgan fingerprint density at radius 3 is 2.25 bits per heavy atom. The van der Waals surface area contributed by atoms with Gasteiger partial charge in [0.2, 0.25) is 10.0 Å². The highest BCUT2D eigenvalue weighted by Gasteiger charge is 2.16. The smallest absolute Gasteiger partial charge is 0.303 e. The Labute approximate surface area is 118 Å². The number of nitrogens with two attached hydrogens (primary N) is 1. The molecule has 6 nitrogen and oxygen atoms in total. The highest BCUT2D eigenvalue weighted by Crippen LogP contribution is 2.25. The van der Waals surface area contributed by atoms with E-state index in [-0.39, 0.29) is 11.3 Å². The van der Waals surface area contributed by atoms with E-state index in [1.165, 1.54) is 0 Å². The quantitative estimate of drug-likeness (QED) is 0.744. The van der Waals surface area contributed by atoms with Crippen molar-refractivity contribution in [2.45, 2.75) is 38.0 Å². The van der Waals surface area contributed by atoms with Crippen LogP contribution >= 0.6 is 0 Å². The fourth-order valence-corrected chi connectivity index (χ4v) is 3.03. The fourth-order valence-electron chi connectivity index (χ4n) is 2.01. The summed E-state index contributed by atoms with van der Waals surface area (Å²) in [5.74, 6) is -0.267. The first-order chi connectivity index (χ1) is 9.21. The van der Waals surface area contributed by atoms with Gasteiger partial charge in [-0.3, -0.25) is 4.79 Å². The molecule has 3 N–H and O–H groups in total. The zero-order valence-electron chi connectivity index (χ0n) is 11.5. The van der Waals surface area contributed by atoms with Crippen LogP contribution in [0.2, 0.25) is 0 Å². The number of carbonyl (C=O) groups is 1. The summed E-state index contributed by atoms with van der Waals surface area (Å²) in [6.07, 6.45) is 1.29. The van der Waals surface area contributed by atoms with Crippen molar-refractivity contribution in [3.05, 3.63) is 23.3 Å². The van der Waals surface area contributed by atoms with Crippen LogP contribution in [-0.2, 0) is 14.8 Å². The number of hydrogen-bond donors (Lipinski definition) is 2. The summed E-state index contributed by atoms with van der Waals surface area (Å²) >= 11 is 0. The number of hydrogen-bond acceptors (Lipinski definition) is 4. The van der Waals surface area contributed by atoms with Crippen LogP contribution in [0.4, 0.5) is 0 Å². The van der Waals surface area contributed by atoms with Gasteiger partial charge in [-0.15, -0.1) is 0 Å². The number of rotatable bonds is 7. The predicted molar refractivity (Wildman–Crippen MR) is 74.3 cm³/mol. The maximum atomic E-state index is 11.4. The van der Waals surface area contributed by atoms with E-state index in [1.54, 1.807) is 26.0 Å². The van der Waals surface area contributed by atoms with E-state index in [9.17, 15) is 13.2 Å². The van der Waals surface area contributed by atoms with Crippen molar-refractivity contribution in [3.8, 4) is 5.75 Å². The van der Waals surface area contributed by atoms with Crippen molar-refractivity contribution in [1.82, 2.24) is 0 Å². The molecule has 0 unspecified atom stereocenters. The third kappa shape index (κ3) is 4.82. The van der Waals surface area contributed by atoms with Crippen LogP contribution in [0.5, 0.6) is 5.75 Å². The molecule has 1 rings (SSSR count). The Balaban J connectivity index is 2.68. The summed E-state index contributed by atoms with van der Waals surface area (Å²) in [5.41, 5.74) is 1.07. The number of benzene rings is 1. The van der Waals surface area contributed by atoms with Gasteiger partial charge in [0.1, 0.15) is 5.75 Å². The SMILES string of the molecule is Cc1cc(OCCCCC(=O)O)cc(C)c1S(N)(=O)=O. The molecule has 0 saturated carbocycles. The molecule has 0 heterocycles. The lowest BCUT2D eigenvalue weighted by molar-refractivity contribution is -0.137. The van der Waals surface area contributed by atoms with Crippen LogP contribution < -0.4 is 9.88 Å². The van der Waals surface area contributed by atoms with Gasteiger partial charge in [-0.25, -0.2) is 13.6 Å². The average Bonchev–Trinajstić information content (AvgIpc) is 2.24. The van der Waals surface area contributed by atoms with Crippen molar-refractivity contribution in [2.75, 3.05) is 6.61 Å². The first-order valence-electron chi connectivity index (χ1n) is 6.20. The molecule has 0 spiro atoms. The van der Waals surface area contributed by atoms with Crippen LogP contribution in [0.25, 0.3) is 0 Å². The average molecular weight is 301 g/mol. The molecule has 0 radical (unpaired) electrons. The summed E-state index contributed by atoms with van der Waals surface area (Å²) < 4.78 is 28.3. The molecular formula is C13H19NO5S. The molecule has 1 aromatic carbocycles. The van der Waals surface area contributed by atoms with Crippen LogP contribution in [0.3, 0.4) is 0 Å². The summed E-state index contributed by atoms with van der Waals surface area (Å²) in [6.45, 7) is 3.70. The number of sulfonamides is 1. The second kappa shape index (κ2) is 6.71. The number of ether oxygens (including phenoxy) is 1. The van der Waals surface area contributed by atoms with Gasteiger partial charge < -0.3 is 9.84 Å². The van der Waals surface area contributed by atoms with Gasteiger partial charge in [0, 0.05) is 6.42 Å². The lowest BCUT2D eigenvalue weighted by Crippen LogP contribution is -2.15. The molecule has 0 aromatic heterocycles. The maximum absolute atomic E-state index is 11.4. The number of aryl methyl sites for hydroxylation is 2. The lowest BCUT2D eigenvalue weighted by Gasteiger charge is -2.12. The number of aliphatic carboxylic acids is 1. The van der Waals surface area contributed by atoms with Crippen molar-refractivity contribution in [3.63, 3.8) is 0 Å². The minimum Gasteiger partial charge on any atom is -0.494 e. The van der Waals surface area contributed by atoms with Crippen LogP contribution in [-0.4, -0.2) is 26.1 Å². The molecule has 0 atom stereocenters. The molecule has 0 saturated heterocycles.